The van der Waals surface area contributed by atoms with Crippen molar-refractivity contribution in [2.24, 2.45) is 11.8 Å². The fourth-order valence-corrected chi connectivity index (χ4v) is 2.47. The van der Waals surface area contributed by atoms with Gasteiger partial charge in [-0.05, 0) is 49.4 Å². The van der Waals surface area contributed by atoms with Crippen molar-refractivity contribution in [2.75, 3.05) is 6.61 Å². The van der Waals surface area contributed by atoms with Gasteiger partial charge in [-0.3, -0.25) is 11.3 Å². The van der Waals surface area contributed by atoms with Crippen LogP contribution in [-0.2, 0) is 4.74 Å². The number of benzene rings is 1. The van der Waals surface area contributed by atoms with Crippen molar-refractivity contribution in [3.63, 3.8) is 0 Å². The van der Waals surface area contributed by atoms with Crippen molar-refractivity contribution in [1.29, 1.82) is 0 Å². The van der Waals surface area contributed by atoms with Gasteiger partial charge in [0.1, 0.15) is 5.82 Å². The van der Waals surface area contributed by atoms with Crippen molar-refractivity contribution >= 4 is 11.6 Å². The first-order valence-electron chi connectivity index (χ1n) is 6.20. The van der Waals surface area contributed by atoms with E-state index in [2.05, 4.69) is 5.43 Å². The summed E-state index contributed by atoms with van der Waals surface area (Å²) >= 11 is 6.12. The van der Waals surface area contributed by atoms with Crippen LogP contribution < -0.4 is 11.3 Å². The maximum Gasteiger partial charge on any atom is 0.123 e. The predicted octanol–water partition coefficient (Wildman–Crippen LogP) is 2.80. The summed E-state index contributed by atoms with van der Waals surface area (Å²) in [5, 5.41) is 0.504. The Morgan fingerprint density at radius 3 is 2.83 bits per heavy atom. The molecule has 1 aliphatic rings. The summed E-state index contributed by atoms with van der Waals surface area (Å²) in [7, 11) is 0. The first kappa shape index (κ1) is 13.7. The summed E-state index contributed by atoms with van der Waals surface area (Å²) in [6, 6.07) is 4.03. The number of hydrazine groups is 1. The third-order valence-corrected chi connectivity index (χ3v) is 3.59. The Morgan fingerprint density at radius 1 is 1.56 bits per heavy atom. The van der Waals surface area contributed by atoms with Gasteiger partial charge in [-0.25, -0.2) is 4.39 Å². The number of hydrogen-bond donors (Lipinski definition) is 2. The van der Waals surface area contributed by atoms with Crippen LogP contribution in [0.15, 0.2) is 18.2 Å². The van der Waals surface area contributed by atoms with E-state index in [0.29, 0.717) is 23.1 Å². The largest absolute Gasteiger partial charge is 0.376 e. The molecule has 0 aliphatic heterocycles. The monoisotopic (exact) mass is 272 g/mol. The van der Waals surface area contributed by atoms with Gasteiger partial charge in [0.2, 0.25) is 0 Å². The molecule has 100 valence electrons. The predicted molar refractivity (Wildman–Crippen MR) is 69.6 cm³/mol. The highest BCUT2D eigenvalue weighted by molar-refractivity contribution is 6.31. The van der Waals surface area contributed by atoms with Crippen molar-refractivity contribution in [3.05, 3.63) is 34.6 Å². The van der Waals surface area contributed by atoms with Gasteiger partial charge in [0.15, 0.2) is 0 Å². The molecule has 18 heavy (non-hydrogen) atoms. The molecule has 1 aromatic carbocycles. The van der Waals surface area contributed by atoms with E-state index in [4.69, 9.17) is 22.2 Å². The maximum atomic E-state index is 13.3. The summed E-state index contributed by atoms with van der Waals surface area (Å²) in [4.78, 5) is 0. The second-order valence-corrected chi connectivity index (χ2v) is 4.97. The molecular weight excluding hydrogens is 255 g/mol. The normalized spacial score (nSPS) is 18.7. The summed E-state index contributed by atoms with van der Waals surface area (Å²) in [5.74, 6) is 5.77. The highest BCUT2D eigenvalue weighted by atomic mass is 35.5. The molecule has 1 saturated carbocycles. The molecule has 3 nitrogen and oxygen atoms in total. The van der Waals surface area contributed by atoms with Gasteiger partial charge < -0.3 is 4.74 Å². The third-order valence-electron chi connectivity index (χ3n) is 3.25. The van der Waals surface area contributed by atoms with E-state index < -0.39 is 0 Å². The van der Waals surface area contributed by atoms with E-state index in [-0.39, 0.29) is 18.0 Å². The quantitative estimate of drug-likeness (QED) is 0.618. The summed E-state index contributed by atoms with van der Waals surface area (Å²) in [6.07, 6.45) is 2.19. The zero-order valence-corrected chi connectivity index (χ0v) is 11.1. The standard InChI is InChI=1S/C13H18ClFN2O/c1-2-18-13(8-3-4-8)12(17-16)10-7-9(15)5-6-11(10)14/h5-8,12-13,17H,2-4,16H2,1H3. The average molecular weight is 273 g/mol. The lowest BCUT2D eigenvalue weighted by Gasteiger charge is -2.27. The van der Waals surface area contributed by atoms with Crippen LogP contribution in [0.25, 0.3) is 0 Å². The molecule has 2 rings (SSSR count). The van der Waals surface area contributed by atoms with Crippen LogP contribution in [0.1, 0.15) is 31.4 Å². The van der Waals surface area contributed by atoms with Crippen molar-refractivity contribution in [2.45, 2.75) is 31.9 Å². The SMILES string of the molecule is CCOC(C1CC1)C(NN)c1cc(F)ccc1Cl. The fourth-order valence-electron chi connectivity index (χ4n) is 2.24. The van der Waals surface area contributed by atoms with Crippen molar-refractivity contribution < 1.29 is 9.13 Å². The minimum absolute atomic E-state index is 0.0562. The molecule has 1 aliphatic carbocycles. The second kappa shape index (κ2) is 5.97. The lowest BCUT2D eigenvalue weighted by atomic mass is 9.98. The zero-order valence-electron chi connectivity index (χ0n) is 10.3. The zero-order chi connectivity index (χ0) is 13.1. The number of rotatable bonds is 6. The van der Waals surface area contributed by atoms with E-state index in [9.17, 15) is 4.39 Å². The highest BCUT2D eigenvalue weighted by Gasteiger charge is 2.38. The molecule has 2 atom stereocenters. The molecule has 0 aromatic heterocycles. The van der Waals surface area contributed by atoms with E-state index in [1.54, 1.807) is 6.07 Å². The minimum atomic E-state index is -0.319. The molecule has 0 radical (unpaired) electrons. The minimum Gasteiger partial charge on any atom is -0.376 e. The van der Waals surface area contributed by atoms with Gasteiger partial charge in [0.05, 0.1) is 12.1 Å². The molecule has 3 N–H and O–H groups in total. The number of nitrogens with two attached hydrogens (primary N) is 1. The topological polar surface area (TPSA) is 47.3 Å². The number of nitrogens with one attached hydrogen (secondary N) is 1. The molecular formula is C13H18ClFN2O. The van der Waals surface area contributed by atoms with E-state index in [1.165, 1.54) is 12.1 Å². The molecule has 0 heterocycles. The van der Waals surface area contributed by atoms with Crippen molar-refractivity contribution in [1.82, 2.24) is 5.43 Å². The van der Waals surface area contributed by atoms with Crippen LogP contribution in [0.4, 0.5) is 4.39 Å². The molecule has 0 spiro atoms. The Balaban J connectivity index is 2.27. The van der Waals surface area contributed by atoms with E-state index >= 15 is 0 Å². The van der Waals surface area contributed by atoms with Crippen molar-refractivity contribution in [3.8, 4) is 0 Å². The van der Waals surface area contributed by atoms with Crippen LogP contribution in [0.5, 0.6) is 0 Å². The lowest BCUT2D eigenvalue weighted by molar-refractivity contribution is 0.0185. The first-order valence-corrected chi connectivity index (χ1v) is 6.57. The number of hydrogen-bond acceptors (Lipinski definition) is 3. The molecule has 2 unspecified atom stereocenters. The van der Waals surface area contributed by atoms with Gasteiger partial charge in [-0.2, -0.15) is 0 Å². The van der Waals surface area contributed by atoms with Crippen LogP contribution in [0.2, 0.25) is 5.02 Å². The van der Waals surface area contributed by atoms with Gasteiger partial charge >= 0.3 is 0 Å². The van der Waals surface area contributed by atoms with Gasteiger partial charge in [0.25, 0.3) is 0 Å². The molecule has 0 amide bonds. The Bertz CT molecular complexity index is 412. The fraction of sp³-hybridized carbons (Fsp3) is 0.538. The first-order chi connectivity index (χ1) is 8.67. The smallest absolute Gasteiger partial charge is 0.123 e. The third kappa shape index (κ3) is 3.01. The highest BCUT2D eigenvalue weighted by Crippen LogP contribution is 2.41. The van der Waals surface area contributed by atoms with Crippen LogP contribution in [-0.4, -0.2) is 12.7 Å². The molecule has 5 heteroatoms. The average Bonchev–Trinajstić information content (AvgIpc) is 3.17. The molecule has 0 bridgehead atoms. The van der Waals surface area contributed by atoms with Crippen LogP contribution >= 0.6 is 11.6 Å². The van der Waals surface area contributed by atoms with E-state index in [1.807, 2.05) is 6.92 Å². The van der Waals surface area contributed by atoms with E-state index in [0.717, 1.165) is 12.8 Å². The number of halogens is 2. The summed E-state index contributed by atoms with van der Waals surface area (Å²) < 4.78 is 19.1. The number of ether oxygens (including phenoxy) is 1. The lowest BCUT2D eigenvalue weighted by Crippen LogP contribution is -2.39. The Hall–Kier alpha value is -0.680. The molecule has 1 aromatic rings. The second-order valence-electron chi connectivity index (χ2n) is 4.57. The van der Waals surface area contributed by atoms with Crippen LogP contribution in [0, 0.1) is 11.7 Å². The Kier molecular flexibility index (Phi) is 4.56. The van der Waals surface area contributed by atoms with Gasteiger partial charge in [-0.15, -0.1) is 0 Å². The van der Waals surface area contributed by atoms with Gasteiger partial charge in [0, 0.05) is 11.6 Å². The molecule has 1 fully saturated rings. The van der Waals surface area contributed by atoms with Crippen LogP contribution in [0.3, 0.4) is 0 Å². The Morgan fingerprint density at radius 2 is 2.28 bits per heavy atom. The Labute approximate surface area is 111 Å². The molecule has 0 saturated heterocycles. The summed E-state index contributed by atoms with van der Waals surface area (Å²) in [6.45, 7) is 2.54. The van der Waals surface area contributed by atoms with Gasteiger partial charge in [-0.1, -0.05) is 11.6 Å². The maximum absolute atomic E-state index is 13.3. The summed E-state index contributed by atoms with van der Waals surface area (Å²) in [5.41, 5.74) is 3.37.